The summed E-state index contributed by atoms with van der Waals surface area (Å²) in [5.74, 6) is -0.524. The molecule has 0 atom stereocenters. The van der Waals surface area contributed by atoms with Gasteiger partial charge in [-0.3, -0.25) is 14.9 Å². The van der Waals surface area contributed by atoms with E-state index < -0.39 is 23.7 Å². The molecule has 3 aromatic carbocycles. The number of benzene rings is 3. The largest absolute Gasteiger partial charge is 0.488 e. The van der Waals surface area contributed by atoms with Crippen molar-refractivity contribution >= 4 is 45.5 Å². The number of halogens is 2. The number of amides is 4. The SMILES string of the molecule is O=C1NC(=O)N(c2ccc(F)cc2)C(=O)/C1=C/c1cc(Br)ccc1OCc1ccc2c(c1)OCO2. The molecule has 0 aliphatic carbocycles. The maximum Gasteiger partial charge on any atom is 0.335 e. The van der Waals surface area contributed by atoms with Gasteiger partial charge >= 0.3 is 6.03 Å². The highest BCUT2D eigenvalue weighted by atomic mass is 79.9. The summed E-state index contributed by atoms with van der Waals surface area (Å²) < 4.78 is 30.7. The summed E-state index contributed by atoms with van der Waals surface area (Å²) in [6.07, 6.45) is 1.35. The summed E-state index contributed by atoms with van der Waals surface area (Å²) >= 11 is 3.39. The molecule has 2 aliphatic rings. The van der Waals surface area contributed by atoms with Gasteiger partial charge in [0, 0.05) is 10.0 Å². The Morgan fingerprint density at radius 3 is 2.57 bits per heavy atom. The number of nitrogens with zero attached hydrogens (tertiary/aromatic N) is 1. The molecule has 0 aromatic heterocycles. The number of nitrogens with one attached hydrogen (secondary N) is 1. The zero-order chi connectivity index (χ0) is 24.5. The van der Waals surface area contributed by atoms with Gasteiger partial charge in [-0.25, -0.2) is 14.1 Å². The molecule has 5 rings (SSSR count). The number of carbonyl (C=O) groups excluding carboxylic acids is 3. The minimum Gasteiger partial charge on any atom is -0.488 e. The fourth-order valence-corrected chi connectivity index (χ4v) is 3.97. The molecular weight excluding hydrogens is 523 g/mol. The second kappa shape index (κ2) is 9.22. The van der Waals surface area contributed by atoms with E-state index in [4.69, 9.17) is 14.2 Å². The van der Waals surface area contributed by atoms with Crippen LogP contribution in [0.15, 0.2) is 70.7 Å². The van der Waals surface area contributed by atoms with E-state index in [2.05, 4.69) is 21.2 Å². The van der Waals surface area contributed by atoms with Crippen LogP contribution in [0.5, 0.6) is 17.2 Å². The number of anilines is 1. The monoisotopic (exact) mass is 538 g/mol. The molecule has 1 saturated heterocycles. The van der Waals surface area contributed by atoms with E-state index in [1.807, 2.05) is 12.1 Å². The number of carbonyl (C=O) groups is 3. The predicted octanol–water partition coefficient (Wildman–Crippen LogP) is 4.56. The minimum absolute atomic E-state index is 0.126. The first-order chi connectivity index (χ1) is 16.9. The summed E-state index contributed by atoms with van der Waals surface area (Å²) in [6.45, 7) is 0.354. The van der Waals surface area contributed by atoms with Crippen molar-refractivity contribution in [1.82, 2.24) is 5.32 Å². The van der Waals surface area contributed by atoms with Crippen LogP contribution in [0.3, 0.4) is 0 Å². The molecule has 0 saturated carbocycles. The normalized spacial score (nSPS) is 16.0. The topological polar surface area (TPSA) is 94.2 Å². The van der Waals surface area contributed by atoms with Crippen molar-refractivity contribution in [2.45, 2.75) is 6.61 Å². The Balaban J connectivity index is 1.44. The van der Waals surface area contributed by atoms with Gasteiger partial charge in [0.15, 0.2) is 11.5 Å². The van der Waals surface area contributed by atoms with Gasteiger partial charge in [0.1, 0.15) is 23.7 Å². The molecule has 4 amide bonds. The van der Waals surface area contributed by atoms with Crippen molar-refractivity contribution in [2.75, 3.05) is 11.7 Å². The second-order valence-corrected chi connectivity index (χ2v) is 8.51. The van der Waals surface area contributed by atoms with E-state index in [0.29, 0.717) is 27.3 Å². The lowest BCUT2D eigenvalue weighted by atomic mass is 10.1. The third-order valence-corrected chi connectivity index (χ3v) is 5.78. The molecule has 0 unspecified atom stereocenters. The Labute approximate surface area is 207 Å². The molecule has 1 fully saturated rings. The number of hydrogen-bond acceptors (Lipinski definition) is 6. The number of rotatable bonds is 5. The van der Waals surface area contributed by atoms with Crippen molar-refractivity contribution in [3.05, 3.63) is 87.7 Å². The lowest BCUT2D eigenvalue weighted by Crippen LogP contribution is -2.54. The summed E-state index contributed by atoms with van der Waals surface area (Å²) in [5.41, 5.74) is 1.11. The van der Waals surface area contributed by atoms with Crippen LogP contribution >= 0.6 is 15.9 Å². The summed E-state index contributed by atoms with van der Waals surface area (Å²) in [5, 5.41) is 2.15. The van der Waals surface area contributed by atoms with Gasteiger partial charge in [0.25, 0.3) is 11.8 Å². The standard InChI is InChI=1S/C25H16BrFN2O6/c26-16-2-8-20(33-12-14-1-7-21-22(9-14)35-13-34-21)15(10-16)11-19-23(30)28-25(32)29(24(19)31)18-5-3-17(27)4-6-18/h1-11H,12-13H2,(H,28,30,32)/b19-11+. The van der Waals surface area contributed by atoms with Crippen LogP contribution in [-0.2, 0) is 16.2 Å². The zero-order valence-corrected chi connectivity index (χ0v) is 19.5. The lowest BCUT2D eigenvalue weighted by Gasteiger charge is -2.26. The minimum atomic E-state index is -0.919. The molecule has 8 nitrogen and oxygen atoms in total. The molecule has 2 heterocycles. The van der Waals surface area contributed by atoms with Gasteiger partial charge in [-0.2, -0.15) is 0 Å². The zero-order valence-electron chi connectivity index (χ0n) is 17.9. The van der Waals surface area contributed by atoms with Crippen LogP contribution in [0.4, 0.5) is 14.9 Å². The van der Waals surface area contributed by atoms with E-state index in [1.165, 1.54) is 18.2 Å². The van der Waals surface area contributed by atoms with Crippen molar-refractivity contribution < 1.29 is 33.0 Å². The first-order valence-corrected chi connectivity index (χ1v) is 11.2. The van der Waals surface area contributed by atoms with Crippen molar-refractivity contribution in [3.8, 4) is 17.2 Å². The van der Waals surface area contributed by atoms with Crippen LogP contribution in [0.1, 0.15) is 11.1 Å². The second-order valence-electron chi connectivity index (χ2n) is 7.59. The number of imide groups is 2. The van der Waals surface area contributed by atoms with Crippen molar-refractivity contribution in [1.29, 1.82) is 0 Å². The van der Waals surface area contributed by atoms with Crippen LogP contribution in [-0.4, -0.2) is 24.6 Å². The average molecular weight is 539 g/mol. The Kier molecular flexibility index (Phi) is 5.96. The maximum absolute atomic E-state index is 13.3. The molecule has 2 aliphatic heterocycles. The summed E-state index contributed by atoms with van der Waals surface area (Å²) in [4.78, 5) is 38.8. The third-order valence-electron chi connectivity index (χ3n) is 5.29. The number of urea groups is 1. The first-order valence-electron chi connectivity index (χ1n) is 10.4. The van der Waals surface area contributed by atoms with Crippen LogP contribution in [0.25, 0.3) is 6.08 Å². The van der Waals surface area contributed by atoms with E-state index >= 15 is 0 Å². The van der Waals surface area contributed by atoms with Gasteiger partial charge in [-0.1, -0.05) is 22.0 Å². The number of hydrogen-bond donors (Lipinski definition) is 1. The van der Waals surface area contributed by atoms with Gasteiger partial charge in [0.05, 0.1) is 5.69 Å². The molecule has 0 bridgehead atoms. The van der Waals surface area contributed by atoms with E-state index in [-0.39, 0.29) is 24.7 Å². The molecule has 35 heavy (non-hydrogen) atoms. The predicted molar refractivity (Wildman–Crippen MR) is 126 cm³/mol. The quantitative estimate of drug-likeness (QED) is 0.378. The van der Waals surface area contributed by atoms with E-state index in [1.54, 1.807) is 24.3 Å². The fourth-order valence-electron chi connectivity index (χ4n) is 3.59. The van der Waals surface area contributed by atoms with Crippen molar-refractivity contribution in [3.63, 3.8) is 0 Å². The number of ether oxygens (including phenoxy) is 3. The molecule has 176 valence electrons. The highest BCUT2D eigenvalue weighted by Crippen LogP contribution is 2.33. The average Bonchev–Trinajstić information content (AvgIpc) is 3.30. The molecule has 0 radical (unpaired) electrons. The highest BCUT2D eigenvalue weighted by molar-refractivity contribution is 9.10. The first kappa shape index (κ1) is 22.6. The Morgan fingerprint density at radius 1 is 1.00 bits per heavy atom. The van der Waals surface area contributed by atoms with Gasteiger partial charge < -0.3 is 14.2 Å². The summed E-state index contributed by atoms with van der Waals surface area (Å²) in [7, 11) is 0. The van der Waals surface area contributed by atoms with Gasteiger partial charge in [-0.15, -0.1) is 0 Å². The van der Waals surface area contributed by atoms with Crippen molar-refractivity contribution in [2.24, 2.45) is 0 Å². The molecule has 0 spiro atoms. The fraction of sp³-hybridized carbons (Fsp3) is 0.0800. The maximum atomic E-state index is 13.3. The smallest absolute Gasteiger partial charge is 0.335 e. The Morgan fingerprint density at radius 2 is 1.77 bits per heavy atom. The van der Waals surface area contributed by atoms with Gasteiger partial charge in [0.2, 0.25) is 6.79 Å². The molecule has 1 N–H and O–H groups in total. The van der Waals surface area contributed by atoms with E-state index in [9.17, 15) is 18.8 Å². The van der Waals surface area contributed by atoms with Crippen LogP contribution in [0, 0.1) is 5.82 Å². The van der Waals surface area contributed by atoms with E-state index in [0.717, 1.165) is 22.6 Å². The summed E-state index contributed by atoms with van der Waals surface area (Å²) in [6, 6.07) is 14.4. The molecule has 3 aromatic rings. The lowest BCUT2D eigenvalue weighted by molar-refractivity contribution is -0.122. The molecular formula is C25H16BrFN2O6. The van der Waals surface area contributed by atoms with Crippen LogP contribution < -0.4 is 24.4 Å². The van der Waals surface area contributed by atoms with Crippen LogP contribution in [0.2, 0.25) is 0 Å². The number of barbiturate groups is 1. The Bertz CT molecular complexity index is 1390. The number of fused-ring (bicyclic) bond motifs is 1. The third kappa shape index (κ3) is 4.60. The highest BCUT2D eigenvalue weighted by Gasteiger charge is 2.37. The molecule has 10 heteroatoms. The Hall–Kier alpha value is -4.18. The van der Waals surface area contributed by atoms with Gasteiger partial charge in [-0.05, 0) is 66.2 Å².